The SMILES string of the molecule is COC(=O)CCc1csc(NCCNC(=O)C2CC2)n1. The van der Waals surface area contributed by atoms with E-state index in [1.807, 2.05) is 5.38 Å². The number of anilines is 1. The molecule has 1 aromatic heterocycles. The number of amides is 1. The van der Waals surface area contributed by atoms with Gasteiger partial charge < -0.3 is 15.4 Å². The minimum Gasteiger partial charge on any atom is -0.469 e. The van der Waals surface area contributed by atoms with Gasteiger partial charge in [-0.05, 0) is 12.8 Å². The van der Waals surface area contributed by atoms with Crippen molar-refractivity contribution in [3.63, 3.8) is 0 Å². The van der Waals surface area contributed by atoms with Crippen molar-refractivity contribution in [3.05, 3.63) is 11.1 Å². The van der Waals surface area contributed by atoms with Crippen molar-refractivity contribution in [2.24, 2.45) is 5.92 Å². The zero-order valence-electron chi connectivity index (χ0n) is 11.5. The van der Waals surface area contributed by atoms with Gasteiger partial charge >= 0.3 is 5.97 Å². The van der Waals surface area contributed by atoms with Crippen molar-refractivity contribution < 1.29 is 14.3 Å². The van der Waals surface area contributed by atoms with Crippen molar-refractivity contribution >= 4 is 28.3 Å². The van der Waals surface area contributed by atoms with Crippen LogP contribution < -0.4 is 10.6 Å². The first-order valence-electron chi connectivity index (χ1n) is 6.72. The molecule has 1 aromatic rings. The van der Waals surface area contributed by atoms with Gasteiger partial charge in [-0.2, -0.15) is 0 Å². The number of hydrogen-bond donors (Lipinski definition) is 2. The van der Waals surface area contributed by atoms with Crippen LogP contribution in [-0.2, 0) is 20.7 Å². The molecule has 1 heterocycles. The Kier molecular flexibility index (Phi) is 5.34. The van der Waals surface area contributed by atoms with E-state index >= 15 is 0 Å². The Hall–Kier alpha value is -1.63. The molecule has 2 N–H and O–H groups in total. The third-order valence-electron chi connectivity index (χ3n) is 3.01. The molecular formula is C13H19N3O3S. The van der Waals surface area contributed by atoms with Crippen LogP contribution in [0, 0.1) is 5.92 Å². The average molecular weight is 297 g/mol. The van der Waals surface area contributed by atoms with E-state index in [0.717, 1.165) is 23.7 Å². The number of aryl methyl sites for hydroxylation is 1. The van der Waals surface area contributed by atoms with Gasteiger partial charge in [-0.1, -0.05) is 0 Å². The second-order valence-electron chi connectivity index (χ2n) is 4.71. The van der Waals surface area contributed by atoms with Crippen LogP contribution in [0.4, 0.5) is 5.13 Å². The van der Waals surface area contributed by atoms with Crippen LogP contribution >= 0.6 is 11.3 Å². The molecule has 1 aliphatic rings. The smallest absolute Gasteiger partial charge is 0.305 e. The normalized spacial score (nSPS) is 13.8. The molecule has 1 saturated carbocycles. The van der Waals surface area contributed by atoms with E-state index in [4.69, 9.17) is 0 Å². The first-order chi connectivity index (χ1) is 9.69. The monoisotopic (exact) mass is 297 g/mol. The largest absolute Gasteiger partial charge is 0.469 e. The van der Waals surface area contributed by atoms with E-state index in [1.165, 1.54) is 18.4 Å². The van der Waals surface area contributed by atoms with Crippen molar-refractivity contribution in [1.82, 2.24) is 10.3 Å². The summed E-state index contributed by atoms with van der Waals surface area (Å²) in [4.78, 5) is 26.8. The molecule has 0 spiro atoms. The molecule has 0 bridgehead atoms. The maximum absolute atomic E-state index is 11.4. The Labute approximate surface area is 121 Å². The topological polar surface area (TPSA) is 80.3 Å². The number of aromatic nitrogens is 1. The van der Waals surface area contributed by atoms with Gasteiger partial charge in [0.25, 0.3) is 0 Å². The predicted octanol–water partition coefficient (Wildman–Crippen LogP) is 1.19. The minimum absolute atomic E-state index is 0.157. The van der Waals surface area contributed by atoms with Gasteiger partial charge in [0.05, 0.1) is 19.2 Å². The molecule has 7 heteroatoms. The van der Waals surface area contributed by atoms with Gasteiger partial charge in [0.15, 0.2) is 5.13 Å². The molecule has 1 fully saturated rings. The van der Waals surface area contributed by atoms with Crippen LogP contribution in [0.25, 0.3) is 0 Å². The third-order valence-corrected chi connectivity index (χ3v) is 3.86. The number of carbonyl (C=O) groups is 2. The number of thiazole rings is 1. The first kappa shape index (κ1) is 14.8. The van der Waals surface area contributed by atoms with Crippen molar-refractivity contribution in [2.45, 2.75) is 25.7 Å². The summed E-state index contributed by atoms with van der Waals surface area (Å²) in [6, 6.07) is 0. The fraction of sp³-hybridized carbons (Fsp3) is 0.615. The Balaban J connectivity index is 1.62. The summed E-state index contributed by atoms with van der Waals surface area (Å²) in [6.07, 6.45) is 2.98. The Morgan fingerprint density at radius 3 is 2.95 bits per heavy atom. The highest BCUT2D eigenvalue weighted by Crippen LogP contribution is 2.28. The Morgan fingerprint density at radius 2 is 2.25 bits per heavy atom. The molecule has 0 radical (unpaired) electrons. The highest BCUT2D eigenvalue weighted by molar-refractivity contribution is 7.13. The Morgan fingerprint density at radius 1 is 1.45 bits per heavy atom. The lowest BCUT2D eigenvalue weighted by molar-refractivity contribution is -0.140. The summed E-state index contributed by atoms with van der Waals surface area (Å²) >= 11 is 1.50. The molecule has 2 rings (SSSR count). The molecule has 0 aliphatic heterocycles. The van der Waals surface area contributed by atoms with E-state index in [1.54, 1.807) is 0 Å². The number of methoxy groups -OCH3 is 1. The molecule has 0 saturated heterocycles. The standard InChI is InChI=1S/C13H19N3O3S/c1-19-11(17)5-4-10-8-20-13(16-10)15-7-6-14-12(18)9-2-3-9/h8-9H,2-7H2,1H3,(H,14,18)(H,15,16). The summed E-state index contributed by atoms with van der Waals surface area (Å²) in [5, 5.41) is 8.78. The molecule has 6 nitrogen and oxygen atoms in total. The number of carbonyl (C=O) groups excluding carboxylic acids is 2. The molecule has 1 aliphatic carbocycles. The second-order valence-corrected chi connectivity index (χ2v) is 5.57. The average Bonchev–Trinajstić information content (AvgIpc) is 3.21. The summed E-state index contributed by atoms with van der Waals surface area (Å²) in [6.45, 7) is 1.26. The quantitative estimate of drug-likeness (QED) is 0.556. The van der Waals surface area contributed by atoms with Crippen LogP contribution in [0.15, 0.2) is 5.38 Å². The summed E-state index contributed by atoms with van der Waals surface area (Å²) in [5.41, 5.74) is 0.880. The second kappa shape index (κ2) is 7.23. The molecule has 0 unspecified atom stereocenters. The van der Waals surface area contributed by atoms with Gasteiger partial charge in [-0.25, -0.2) is 4.98 Å². The third kappa shape index (κ3) is 4.80. The van der Waals surface area contributed by atoms with Crippen LogP contribution in [0.2, 0.25) is 0 Å². The molecule has 1 amide bonds. The number of rotatable bonds is 8. The van der Waals surface area contributed by atoms with Crippen LogP contribution in [-0.4, -0.2) is 37.1 Å². The predicted molar refractivity (Wildman–Crippen MR) is 76.7 cm³/mol. The minimum atomic E-state index is -0.227. The number of esters is 1. The van der Waals surface area contributed by atoms with E-state index in [9.17, 15) is 9.59 Å². The fourth-order valence-corrected chi connectivity index (χ4v) is 2.45. The summed E-state index contributed by atoms with van der Waals surface area (Å²) in [5.74, 6) is 0.180. The van der Waals surface area contributed by atoms with Crippen molar-refractivity contribution in [1.29, 1.82) is 0 Å². The number of nitrogens with one attached hydrogen (secondary N) is 2. The highest BCUT2D eigenvalue weighted by Gasteiger charge is 2.28. The summed E-state index contributed by atoms with van der Waals surface area (Å²) < 4.78 is 4.59. The van der Waals surface area contributed by atoms with Gasteiger partial charge in [-0.3, -0.25) is 9.59 Å². The highest BCUT2D eigenvalue weighted by atomic mass is 32.1. The molecule has 110 valence electrons. The van der Waals surface area contributed by atoms with Gasteiger partial charge in [0.2, 0.25) is 5.91 Å². The van der Waals surface area contributed by atoms with Gasteiger partial charge in [0, 0.05) is 30.8 Å². The molecular weight excluding hydrogens is 278 g/mol. The number of nitrogens with zero attached hydrogens (tertiary/aromatic N) is 1. The van der Waals surface area contributed by atoms with E-state index in [-0.39, 0.29) is 17.8 Å². The van der Waals surface area contributed by atoms with Crippen molar-refractivity contribution in [3.8, 4) is 0 Å². The molecule has 0 aromatic carbocycles. The lowest BCUT2D eigenvalue weighted by Gasteiger charge is -2.04. The fourth-order valence-electron chi connectivity index (χ4n) is 1.68. The molecule has 20 heavy (non-hydrogen) atoms. The van der Waals surface area contributed by atoms with Crippen LogP contribution in [0.5, 0.6) is 0 Å². The van der Waals surface area contributed by atoms with E-state index in [2.05, 4.69) is 20.4 Å². The number of hydrogen-bond acceptors (Lipinski definition) is 6. The van der Waals surface area contributed by atoms with E-state index in [0.29, 0.717) is 25.9 Å². The first-order valence-corrected chi connectivity index (χ1v) is 7.60. The van der Waals surface area contributed by atoms with Gasteiger partial charge in [0.1, 0.15) is 0 Å². The van der Waals surface area contributed by atoms with Crippen LogP contribution in [0.3, 0.4) is 0 Å². The molecule has 0 atom stereocenters. The van der Waals surface area contributed by atoms with Crippen LogP contribution in [0.1, 0.15) is 25.0 Å². The zero-order chi connectivity index (χ0) is 14.4. The maximum atomic E-state index is 11.4. The van der Waals surface area contributed by atoms with Crippen molar-refractivity contribution in [2.75, 3.05) is 25.5 Å². The maximum Gasteiger partial charge on any atom is 0.305 e. The Bertz CT molecular complexity index is 471. The lowest BCUT2D eigenvalue weighted by atomic mass is 10.2. The lowest BCUT2D eigenvalue weighted by Crippen LogP contribution is -2.29. The zero-order valence-corrected chi connectivity index (χ0v) is 12.3. The van der Waals surface area contributed by atoms with Gasteiger partial charge in [-0.15, -0.1) is 11.3 Å². The number of ether oxygens (including phenoxy) is 1. The summed E-state index contributed by atoms with van der Waals surface area (Å²) in [7, 11) is 1.38. The van der Waals surface area contributed by atoms with E-state index < -0.39 is 0 Å².